The molecule has 1 heterocycles. The van der Waals surface area contributed by atoms with Crippen LogP contribution < -0.4 is 20.1 Å². The van der Waals surface area contributed by atoms with Gasteiger partial charge in [-0.05, 0) is 69.8 Å². The van der Waals surface area contributed by atoms with Gasteiger partial charge in [-0.2, -0.15) is 0 Å². The highest BCUT2D eigenvalue weighted by atomic mass is 16.5. The number of nitrogens with one attached hydrogen (secondary N) is 2. The van der Waals surface area contributed by atoms with Gasteiger partial charge in [-0.3, -0.25) is 9.59 Å². The molecule has 1 aliphatic carbocycles. The number of nitrogens with zero attached hydrogens (tertiary/aromatic N) is 1. The molecule has 0 bridgehead atoms. The number of methoxy groups -OCH3 is 2. The van der Waals surface area contributed by atoms with Crippen LogP contribution in [0, 0.1) is 17.8 Å². The lowest BCUT2D eigenvalue weighted by Crippen LogP contribution is -2.43. The summed E-state index contributed by atoms with van der Waals surface area (Å²) < 4.78 is 16.4. The molecule has 190 valence electrons. The summed E-state index contributed by atoms with van der Waals surface area (Å²) in [6, 6.07) is 5.43. The number of amides is 1. The van der Waals surface area contributed by atoms with Crippen molar-refractivity contribution >= 4 is 11.7 Å². The Morgan fingerprint density at radius 1 is 1.12 bits per heavy atom. The van der Waals surface area contributed by atoms with Crippen LogP contribution in [0.25, 0.3) is 0 Å². The minimum atomic E-state index is -0.0121. The van der Waals surface area contributed by atoms with Gasteiger partial charge in [-0.1, -0.05) is 0 Å². The van der Waals surface area contributed by atoms with Crippen LogP contribution in [0.4, 0.5) is 0 Å². The number of hydrogen-bond donors (Lipinski definition) is 2. The van der Waals surface area contributed by atoms with Gasteiger partial charge in [-0.15, -0.1) is 0 Å². The maximum Gasteiger partial charge on any atom is 0.254 e. The van der Waals surface area contributed by atoms with Gasteiger partial charge in [0.25, 0.3) is 5.91 Å². The van der Waals surface area contributed by atoms with Gasteiger partial charge in [-0.25, -0.2) is 0 Å². The average Bonchev–Trinajstić information content (AvgIpc) is 3.59. The Morgan fingerprint density at radius 2 is 1.88 bits per heavy atom. The molecule has 0 unspecified atom stereocenters. The number of ketones is 1. The van der Waals surface area contributed by atoms with E-state index in [0.29, 0.717) is 61.0 Å². The van der Waals surface area contributed by atoms with Crippen LogP contribution in [0.5, 0.6) is 11.5 Å². The Morgan fingerprint density at radius 3 is 2.56 bits per heavy atom. The quantitative estimate of drug-likeness (QED) is 0.377. The van der Waals surface area contributed by atoms with Gasteiger partial charge in [0.05, 0.1) is 20.3 Å². The van der Waals surface area contributed by atoms with Crippen molar-refractivity contribution in [1.82, 2.24) is 15.5 Å². The highest BCUT2D eigenvalue weighted by Gasteiger charge is 2.33. The van der Waals surface area contributed by atoms with E-state index in [4.69, 9.17) is 14.2 Å². The van der Waals surface area contributed by atoms with Crippen molar-refractivity contribution in [2.45, 2.75) is 39.2 Å². The number of carbonyl (C=O) groups is 2. The van der Waals surface area contributed by atoms with Crippen molar-refractivity contribution in [3.8, 4) is 11.5 Å². The van der Waals surface area contributed by atoms with Gasteiger partial charge in [0, 0.05) is 50.8 Å². The second kappa shape index (κ2) is 13.1. The highest BCUT2D eigenvalue weighted by molar-refractivity contribution is 5.95. The van der Waals surface area contributed by atoms with Crippen molar-refractivity contribution in [3.05, 3.63) is 23.8 Å². The third-order valence-corrected chi connectivity index (χ3v) is 6.69. The Labute approximate surface area is 203 Å². The number of Topliss-reactive ketones (excluding diaryl/α,β-unsaturated/α-hetero) is 1. The highest BCUT2D eigenvalue weighted by Crippen LogP contribution is 2.30. The van der Waals surface area contributed by atoms with Crippen molar-refractivity contribution in [1.29, 1.82) is 0 Å². The molecule has 1 aromatic rings. The molecule has 8 nitrogen and oxygen atoms in total. The number of ether oxygens (including phenoxy) is 3. The molecule has 34 heavy (non-hydrogen) atoms. The normalized spacial score (nSPS) is 19.9. The lowest BCUT2D eigenvalue weighted by molar-refractivity contribution is -0.119. The van der Waals surface area contributed by atoms with E-state index in [1.807, 2.05) is 18.7 Å². The second-order valence-corrected chi connectivity index (χ2v) is 9.66. The number of benzene rings is 1. The molecule has 1 saturated carbocycles. The predicted molar refractivity (Wildman–Crippen MR) is 132 cm³/mol. The molecule has 1 aliphatic heterocycles. The molecule has 2 fully saturated rings. The largest absolute Gasteiger partial charge is 0.493 e. The maximum atomic E-state index is 13.5. The molecule has 2 atom stereocenters. The third-order valence-electron chi connectivity index (χ3n) is 6.69. The number of rotatable bonds is 15. The molecular formula is C26H41N3O5. The Bertz CT molecular complexity index is 812. The topological polar surface area (TPSA) is 89.1 Å². The first-order valence-corrected chi connectivity index (χ1v) is 12.5. The minimum Gasteiger partial charge on any atom is -0.493 e. The van der Waals surface area contributed by atoms with Crippen molar-refractivity contribution in [3.63, 3.8) is 0 Å². The Balaban J connectivity index is 1.62. The first kappa shape index (κ1) is 26.4. The molecule has 8 heteroatoms. The van der Waals surface area contributed by atoms with Gasteiger partial charge in [0.2, 0.25) is 0 Å². The smallest absolute Gasteiger partial charge is 0.254 e. The van der Waals surface area contributed by atoms with E-state index in [1.54, 1.807) is 32.4 Å². The molecule has 2 aliphatic rings. The molecule has 3 rings (SSSR count). The van der Waals surface area contributed by atoms with Crippen LogP contribution in [-0.2, 0) is 9.53 Å². The summed E-state index contributed by atoms with van der Waals surface area (Å²) in [7, 11) is 3.26. The molecule has 0 aromatic heterocycles. The van der Waals surface area contributed by atoms with Gasteiger partial charge >= 0.3 is 0 Å². The first-order valence-electron chi connectivity index (χ1n) is 12.5. The molecule has 1 amide bonds. The van der Waals surface area contributed by atoms with E-state index in [1.165, 1.54) is 0 Å². The van der Waals surface area contributed by atoms with Crippen LogP contribution in [0.1, 0.15) is 43.5 Å². The summed E-state index contributed by atoms with van der Waals surface area (Å²) in [5.74, 6) is 2.50. The summed E-state index contributed by atoms with van der Waals surface area (Å²) >= 11 is 0. The van der Waals surface area contributed by atoms with Crippen LogP contribution in [0.15, 0.2) is 18.2 Å². The predicted octanol–water partition coefficient (Wildman–Crippen LogP) is 2.37. The van der Waals surface area contributed by atoms with Crippen LogP contribution >= 0.6 is 0 Å². The zero-order chi connectivity index (χ0) is 24.5. The fourth-order valence-electron chi connectivity index (χ4n) is 4.42. The van der Waals surface area contributed by atoms with Gasteiger partial charge < -0.3 is 29.7 Å². The SMILES string of the molecule is COCCCOc1cc(C(=O)N(C[C@@H]2CNC[C@H]2CNCC(=O)C2CC2)C(C)C)ccc1OC. The molecular weight excluding hydrogens is 434 g/mol. The molecule has 1 saturated heterocycles. The van der Waals surface area contributed by atoms with E-state index in [9.17, 15) is 9.59 Å². The van der Waals surface area contributed by atoms with Gasteiger partial charge in [0.15, 0.2) is 11.5 Å². The van der Waals surface area contributed by atoms with E-state index in [-0.39, 0.29) is 17.9 Å². The maximum absolute atomic E-state index is 13.5. The Kier molecular flexibility index (Phi) is 10.2. The van der Waals surface area contributed by atoms with Crippen molar-refractivity contribution in [2.75, 3.05) is 60.2 Å². The summed E-state index contributed by atoms with van der Waals surface area (Å²) in [4.78, 5) is 27.5. The summed E-state index contributed by atoms with van der Waals surface area (Å²) in [5.41, 5.74) is 0.590. The number of carbonyl (C=O) groups excluding carboxylic acids is 2. The minimum absolute atomic E-state index is 0.0121. The van der Waals surface area contributed by atoms with E-state index >= 15 is 0 Å². The Hall–Kier alpha value is -2.16. The van der Waals surface area contributed by atoms with Gasteiger partial charge in [0.1, 0.15) is 5.78 Å². The lowest BCUT2D eigenvalue weighted by Gasteiger charge is -2.32. The van der Waals surface area contributed by atoms with Crippen LogP contribution in [0.2, 0.25) is 0 Å². The summed E-state index contributed by atoms with van der Waals surface area (Å²) in [6.07, 6.45) is 2.85. The van der Waals surface area contributed by atoms with E-state index in [0.717, 1.165) is 38.9 Å². The third kappa shape index (κ3) is 7.42. The second-order valence-electron chi connectivity index (χ2n) is 9.66. The summed E-state index contributed by atoms with van der Waals surface area (Å²) in [5, 5.41) is 6.82. The van der Waals surface area contributed by atoms with E-state index < -0.39 is 0 Å². The lowest BCUT2D eigenvalue weighted by atomic mass is 9.94. The monoisotopic (exact) mass is 475 g/mol. The fourth-order valence-corrected chi connectivity index (χ4v) is 4.42. The summed E-state index contributed by atoms with van der Waals surface area (Å²) in [6.45, 7) is 8.89. The van der Waals surface area contributed by atoms with Crippen LogP contribution in [0.3, 0.4) is 0 Å². The molecule has 0 radical (unpaired) electrons. The number of hydrogen-bond acceptors (Lipinski definition) is 7. The standard InChI is InChI=1S/C26H41N3O5/c1-18(2)29(17-22-15-27-13-21(22)14-28-16-23(30)19-6-7-19)26(31)20-8-9-24(33-4)25(12-20)34-11-5-10-32-3/h8-9,12,18-19,21-22,27-28H,5-7,10-11,13-17H2,1-4H3/t21-,22-/m0/s1. The zero-order valence-electron chi connectivity index (χ0n) is 21.1. The molecule has 2 N–H and O–H groups in total. The average molecular weight is 476 g/mol. The van der Waals surface area contributed by atoms with E-state index in [2.05, 4.69) is 10.6 Å². The first-order chi connectivity index (χ1) is 16.4. The van der Waals surface area contributed by atoms with Crippen LogP contribution in [-0.4, -0.2) is 82.8 Å². The molecule has 0 spiro atoms. The fraction of sp³-hybridized carbons (Fsp3) is 0.692. The van der Waals surface area contributed by atoms with Crippen molar-refractivity contribution < 1.29 is 23.8 Å². The van der Waals surface area contributed by atoms with Crippen molar-refractivity contribution in [2.24, 2.45) is 17.8 Å². The molecule has 1 aromatic carbocycles. The zero-order valence-corrected chi connectivity index (χ0v) is 21.1.